The van der Waals surface area contributed by atoms with Crippen molar-refractivity contribution >= 4 is 28.7 Å². The minimum Gasteiger partial charge on any atom is -0.349 e. The Hall–Kier alpha value is -2.58. The van der Waals surface area contributed by atoms with Crippen LogP contribution in [0, 0.1) is 28.4 Å². The van der Waals surface area contributed by atoms with Crippen LogP contribution in [-0.4, -0.2) is 4.92 Å². The summed E-state index contributed by atoms with van der Waals surface area (Å²) < 4.78 is 0. The largest absolute Gasteiger partial charge is 0.349 e. The summed E-state index contributed by atoms with van der Waals surface area (Å²) in [7, 11) is 0. The molecule has 0 aliphatic heterocycles. The monoisotopic (exact) mass is 287 g/mol. The second kappa shape index (κ2) is 5.59. The Kier molecular flexibility index (Phi) is 3.87. The van der Waals surface area contributed by atoms with E-state index in [-0.39, 0.29) is 5.69 Å². The van der Waals surface area contributed by atoms with Gasteiger partial charge in [-0.1, -0.05) is 23.7 Å². The first-order valence-electron chi connectivity index (χ1n) is 5.73. The summed E-state index contributed by atoms with van der Waals surface area (Å²) in [5.74, 6) is 0. The van der Waals surface area contributed by atoms with E-state index in [9.17, 15) is 10.1 Å². The van der Waals surface area contributed by atoms with E-state index >= 15 is 0 Å². The van der Waals surface area contributed by atoms with Crippen molar-refractivity contribution in [2.75, 3.05) is 5.32 Å². The number of nitrogens with one attached hydrogen (secondary N) is 1. The van der Waals surface area contributed by atoms with Crippen molar-refractivity contribution < 1.29 is 4.92 Å². The van der Waals surface area contributed by atoms with Crippen LogP contribution in [0.25, 0.3) is 0 Å². The molecule has 2 rings (SSSR count). The van der Waals surface area contributed by atoms with Gasteiger partial charge in [0.15, 0.2) is 0 Å². The molecule has 0 radical (unpaired) electrons. The number of nitrogens with zero attached hydrogens (tertiary/aromatic N) is 2. The van der Waals surface area contributed by atoms with Crippen LogP contribution in [0.2, 0.25) is 5.02 Å². The average molecular weight is 288 g/mol. The molecular weight excluding hydrogens is 278 g/mol. The zero-order valence-corrected chi connectivity index (χ0v) is 11.3. The van der Waals surface area contributed by atoms with E-state index < -0.39 is 4.92 Å². The Bertz CT molecular complexity index is 723. The van der Waals surface area contributed by atoms with E-state index in [0.717, 1.165) is 0 Å². The molecule has 100 valence electrons. The molecule has 5 nitrogen and oxygen atoms in total. The predicted octanol–water partition coefficient (Wildman–Crippen LogP) is 4.17. The van der Waals surface area contributed by atoms with Gasteiger partial charge in [0.1, 0.15) is 11.8 Å². The molecule has 0 saturated carbocycles. The van der Waals surface area contributed by atoms with Gasteiger partial charge in [-0.15, -0.1) is 0 Å². The van der Waals surface area contributed by atoms with Gasteiger partial charge in [0, 0.05) is 6.07 Å². The first-order chi connectivity index (χ1) is 9.52. The highest BCUT2D eigenvalue weighted by molar-refractivity contribution is 6.31. The standard InChI is InChI=1S/C14H10ClN3O2/c1-9-6-13(14(18(19)20)7-11(9)15)17-12-5-3-2-4-10(12)8-16/h2-7,17H,1H3. The van der Waals surface area contributed by atoms with Crippen LogP contribution in [0.4, 0.5) is 17.1 Å². The number of nitriles is 1. The Morgan fingerprint density at radius 1 is 1.30 bits per heavy atom. The molecule has 0 spiro atoms. The summed E-state index contributed by atoms with van der Waals surface area (Å²) in [5.41, 5.74) is 1.82. The van der Waals surface area contributed by atoms with Gasteiger partial charge in [-0.05, 0) is 30.7 Å². The van der Waals surface area contributed by atoms with Gasteiger partial charge in [0.2, 0.25) is 0 Å². The highest BCUT2D eigenvalue weighted by atomic mass is 35.5. The number of rotatable bonds is 3. The summed E-state index contributed by atoms with van der Waals surface area (Å²) in [6.45, 7) is 1.76. The third-order valence-corrected chi connectivity index (χ3v) is 3.20. The molecule has 0 amide bonds. The molecule has 0 saturated heterocycles. The van der Waals surface area contributed by atoms with Gasteiger partial charge in [-0.3, -0.25) is 10.1 Å². The lowest BCUT2D eigenvalue weighted by Gasteiger charge is -2.10. The smallest absolute Gasteiger partial charge is 0.294 e. The number of halogens is 1. The Morgan fingerprint density at radius 3 is 2.65 bits per heavy atom. The third kappa shape index (κ3) is 2.71. The van der Waals surface area contributed by atoms with Crippen LogP contribution in [0.15, 0.2) is 36.4 Å². The van der Waals surface area contributed by atoms with E-state index in [1.165, 1.54) is 6.07 Å². The maximum absolute atomic E-state index is 11.1. The number of hydrogen-bond donors (Lipinski definition) is 1. The van der Waals surface area contributed by atoms with Crippen molar-refractivity contribution in [3.63, 3.8) is 0 Å². The number of anilines is 2. The molecule has 0 heterocycles. The fourth-order valence-corrected chi connectivity index (χ4v) is 1.91. The third-order valence-electron chi connectivity index (χ3n) is 2.79. The number of nitro benzene ring substituents is 1. The Labute approximate surface area is 120 Å². The van der Waals surface area contributed by atoms with Crippen molar-refractivity contribution in [1.82, 2.24) is 0 Å². The topological polar surface area (TPSA) is 79.0 Å². The molecule has 0 aromatic heterocycles. The first kappa shape index (κ1) is 13.8. The van der Waals surface area contributed by atoms with Gasteiger partial charge >= 0.3 is 0 Å². The van der Waals surface area contributed by atoms with Crippen molar-refractivity contribution in [3.05, 3.63) is 62.7 Å². The molecule has 0 aliphatic carbocycles. The number of aryl methyl sites for hydroxylation is 1. The van der Waals surface area contributed by atoms with Crippen molar-refractivity contribution in [1.29, 1.82) is 5.26 Å². The van der Waals surface area contributed by atoms with Crippen LogP contribution < -0.4 is 5.32 Å². The number of benzene rings is 2. The molecule has 1 N–H and O–H groups in total. The highest BCUT2D eigenvalue weighted by Crippen LogP contribution is 2.33. The number of para-hydroxylation sites is 1. The Morgan fingerprint density at radius 2 is 2.00 bits per heavy atom. The van der Waals surface area contributed by atoms with Gasteiger partial charge in [0.05, 0.1) is 21.2 Å². The highest BCUT2D eigenvalue weighted by Gasteiger charge is 2.17. The maximum Gasteiger partial charge on any atom is 0.294 e. The second-order valence-electron chi connectivity index (χ2n) is 4.16. The van der Waals surface area contributed by atoms with Gasteiger partial charge in [0.25, 0.3) is 5.69 Å². The van der Waals surface area contributed by atoms with Crippen molar-refractivity contribution in [2.45, 2.75) is 6.92 Å². The molecule has 6 heteroatoms. The number of nitro groups is 1. The maximum atomic E-state index is 11.1. The lowest BCUT2D eigenvalue weighted by atomic mass is 10.1. The van der Waals surface area contributed by atoms with E-state index in [1.54, 1.807) is 37.3 Å². The molecule has 2 aromatic carbocycles. The molecule has 0 aliphatic rings. The summed E-state index contributed by atoms with van der Waals surface area (Å²) in [6, 6.07) is 11.7. The van der Waals surface area contributed by atoms with E-state index in [4.69, 9.17) is 16.9 Å². The average Bonchev–Trinajstić information content (AvgIpc) is 2.43. The molecule has 2 aromatic rings. The fourth-order valence-electron chi connectivity index (χ4n) is 1.76. The molecular formula is C14H10ClN3O2. The molecule has 20 heavy (non-hydrogen) atoms. The van der Waals surface area contributed by atoms with Gasteiger partial charge < -0.3 is 5.32 Å². The SMILES string of the molecule is Cc1cc(Nc2ccccc2C#N)c([N+](=O)[O-])cc1Cl. The minimum atomic E-state index is -0.511. The summed E-state index contributed by atoms with van der Waals surface area (Å²) in [4.78, 5) is 10.6. The Balaban J connectivity index is 2.51. The molecule has 0 unspecified atom stereocenters. The summed E-state index contributed by atoms with van der Waals surface area (Å²) in [5, 5.41) is 23.3. The fraction of sp³-hybridized carbons (Fsp3) is 0.0714. The summed E-state index contributed by atoms with van der Waals surface area (Å²) >= 11 is 5.91. The zero-order valence-electron chi connectivity index (χ0n) is 10.6. The van der Waals surface area contributed by atoms with Crippen LogP contribution in [0.3, 0.4) is 0 Å². The first-order valence-corrected chi connectivity index (χ1v) is 6.11. The van der Waals surface area contributed by atoms with E-state index in [2.05, 4.69) is 5.32 Å². The van der Waals surface area contributed by atoms with Gasteiger partial charge in [-0.2, -0.15) is 5.26 Å². The summed E-state index contributed by atoms with van der Waals surface area (Å²) in [6.07, 6.45) is 0. The van der Waals surface area contributed by atoms with Crippen LogP contribution in [-0.2, 0) is 0 Å². The van der Waals surface area contributed by atoms with E-state index in [1.807, 2.05) is 6.07 Å². The predicted molar refractivity (Wildman–Crippen MR) is 77.3 cm³/mol. The van der Waals surface area contributed by atoms with Crippen molar-refractivity contribution in [3.8, 4) is 6.07 Å². The quantitative estimate of drug-likeness (QED) is 0.678. The minimum absolute atomic E-state index is 0.131. The van der Waals surface area contributed by atoms with Crippen LogP contribution >= 0.6 is 11.6 Å². The van der Waals surface area contributed by atoms with Crippen LogP contribution in [0.5, 0.6) is 0 Å². The van der Waals surface area contributed by atoms with Gasteiger partial charge in [-0.25, -0.2) is 0 Å². The van der Waals surface area contributed by atoms with E-state index in [0.29, 0.717) is 27.5 Å². The number of hydrogen-bond acceptors (Lipinski definition) is 4. The lowest BCUT2D eigenvalue weighted by Crippen LogP contribution is -1.99. The van der Waals surface area contributed by atoms with Crippen molar-refractivity contribution in [2.24, 2.45) is 0 Å². The molecule has 0 bridgehead atoms. The molecule has 0 atom stereocenters. The zero-order chi connectivity index (χ0) is 14.7. The normalized spacial score (nSPS) is 9.85. The lowest BCUT2D eigenvalue weighted by molar-refractivity contribution is -0.383. The molecule has 0 fully saturated rings. The van der Waals surface area contributed by atoms with Crippen LogP contribution in [0.1, 0.15) is 11.1 Å². The second-order valence-corrected chi connectivity index (χ2v) is 4.57.